The molecule has 0 atom stereocenters. The third-order valence-corrected chi connectivity index (χ3v) is 2.36. The Bertz CT molecular complexity index is 377. The number of carbonyl (C=O) groups excluding carboxylic acids is 1. The van der Waals surface area contributed by atoms with E-state index in [1.54, 1.807) is 6.20 Å². The highest BCUT2D eigenvalue weighted by Gasteiger charge is 2.24. The Morgan fingerprint density at radius 3 is 2.50 bits per heavy atom. The van der Waals surface area contributed by atoms with Gasteiger partial charge in [0.15, 0.2) is 0 Å². The minimum atomic E-state index is -0.470. The van der Waals surface area contributed by atoms with E-state index in [9.17, 15) is 4.79 Å². The van der Waals surface area contributed by atoms with Gasteiger partial charge in [0.05, 0.1) is 0 Å². The molecule has 1 heterocycles. The molecule has 5 heteroatoms. The van der Waals surface area contributed by atoms with E-state index in [0.717, 1.165) is 13.0 Å². The monoisotopic (exact) mass is 253 g/mol. The largest absolute Gasteiger partial charge is 0.444 e. The Hall–Kier alpha value is -1.52. The predicted octanol–water partition coefficient (Wildman–Crippen LogP) is 2.58. The van der Waals surface area contributed by atoms with Crippen molar-refractivity contribution < 1.29 is 9.53 Å². The van der Waals surface area contributed by atoms with Crippen LogP contribution in [-0.4, -0.2) is 27.0 Å². The smallest absolute Gasteiger partial charge is 0.408 e. The number of carbonyl (C=O) groups is 1. The maximum atomic E-state index is 11.7. The van der Waals surface area contributed by atoms with Gasteiger partial charge in [0, 0.05) is 24.5 Å². The van der Waals surface area contributed by atoms with E-state index < -0.39 is 5.60 Å². The molecule has 102 valence electrons. The quantitative estimate of drug-likeness (QED) is 0.897. The van der Waals surface area contributed by atoms with Gasteiger partial charge in [0.25, 0.3) is 0 Å². The average Bonchev–Trinajstić information content (AvgIpc) is 2.62. The highest BCUT2D eigenvalue weighted by molar-refractivity contribution is 5.68. The Balaban J connectivity index is 2.41. The molecule has 0 aliphatic rings. The Labute approximate surface area is 109 Å². The Morgan fingerprint density at radius 2 is 2.00 bits per heavy atom. The van der Waals surface area contributed by atoms with E-state index in [1.165, 1.54) is 0 Å². The summed E-state index contributed by atoms with van der Waals surface area (Å²) < 4.78 is 7.08. The molecular formula is C13H23N3O2. The van der Waals surface area contributed by atoms with E-state index in [1.807, 2.05) is 51.6 Å². The van der Waals surface area contributed by atoms with Gasteiger partial charge in [-0.2, -0.15) is 5.10 Å². The molecule has 1 N–H and O–H groups in total. The second kappa shape index (κ2) is 5.42. The van der Waals surface area contributed by atoms with Crippen molar-refractivity contribution in [2.45, 2.75) is 58.7 Å². The van der Waals surface area contributed by atoms with Crippen molar-refractivity contribution >= 4 is 6.09 Å². The normalized spacial score (nSPS) is 12.3. The number of hydrogen-bond donors (Lipinski definition) is 1. The number of amides is 1. The number of aromatic nitrogens is 2. The van der Waals surface area contributed by atoms with Crippen molar-refractivity contribution in [2.75, 3.05) is 0 Å². The van der Waals surface area contributed by atoms with Gasteiger partial charge in [0.2, 0.25) is 0 Å². The highest BCUT2D eigenvalue weighted by atomic mass is 16.6. The number of hydrogen-bond acceptors (Lipinski definition) is 3. The van der Waals surface area contributed by atoms with Crippen LogP contribution in [0.5, 0.6) is 0 Å². The van der Waals surface area contributed by atoms with Crippen LogP contribution in [0.25, 0.3) is 0 Å². The van der Waals surface area contributed by atoms with Crippen molar-refractivity contribution in [3.8, 4) is 0 Å². The van der Waals surface area contributed by atoms with Crippen molar-refractivity contribution in [1.29, 1.82) is 0 Å². The fraction of sp³-hybridized carbons (Fsp3) is 0.692. The van der Waals surface area contributed by atoms with Crippen LogP contribution in [0, 0.1) is 0 Å². The maximum Gasteiger partial charge on any atom is 0.408 e. The molecule has 18 heavy (non-hydrogen) atoms. The summed E-state index contributed by atoms with van der Waals surface area (Å²) in [7, 11) is 0. The highest BCUT2D eigenvalue weighted by Crippen LogP contribution is 2.12. The van der Waals surface area contributed by atoms with Gasteiger partial charge >= 0.3 is 6.09 Å². The molecule has 1 aromatic heterocycles. The number of ether oxygens (including phenoxy) is 1. The number of alkyl carbamates (subject to hydrolysis) is 1. The van der Waals surface area contributed by atoms with Crippen molar-refractivity contribution in [1.82, 2.24) is 15.1 Å². The predicted molar refractivity (Wildman–Crippen MR) is 70.3 cm³/mol. The minimum Gasteiger partial charge on any atom is -0.444 e. The van der Waals surface area contributed by atoms with Crippen LogP contribution in [0.2, 0.25) is 0 Å². The molecule has 0 bridgehead atoms. The van der Waals surface area contributed by atoms with Gasteiger partial charge in [-0.1, -0.05) is 0 Å². The number of rotatable bonds is 4. The maximum absolute atomic E-state index is 11.7. The minimum absolute atomic E-state index is 0.325. The molecule has 0 aliphatic carbocycles. The molecule has 0 saturated heterocycles. The first-order valence-electron chi connectivity index (χ1n) is 6.17. The lowest BCUT2D eigenvalue weighted by molar-refractivity contribution is 0.0465. The number of nitrogens with one attached hydrogen (secondary N) is 1. The third-order valence-electron chi connectivity index (χ3n) is 2.36. The van der Waals surface area contributed by atoms with Crippen molar-refractivity contribution in [3.05, 3.63) is 18.5 Å². The summed E-state index contributed by atoms with van der Waals surface area (Å²) in [6.07, 6.45) is 4.05. The van der Waals surface area contributed by atoms with Gasteiger partial charge in [-0.3, -0.25) is 4.68 Å². The van der Waals surface area contributed by atoms with Gasteiger partial charge in [-0.05, 0) is 47.1 Å². The molecule has 1 amide bonds. The van der Waals surface area contributed by atoms with Crippen LogP contribution in [-0.2, 0) is 11.3 Å². The van der Waals surface area contributed by atoms with Crippen LogP contribution in [0.3, 0.4) is 0 Å². The molecule has 0 radical (unpaired) electrons. The zero-order valence-electron chi connectivity index (χ0n) is 11.9. The zero-order chi connectivity index (χ0) is 13.8. The molecule has 0 aliphatic heterocycles. The molecule has 0 fully saturated rings. The molecule has 0 aromatic carbocycles. The summed E-state index contributed by atoms with van der Waals surface area (Å²) in [5.74, 6) is 0. The fourth-order valence-corrected chi connectivity index (χ4v) is 1.47. The summed E-state index contributed by atoms with van der Waals surface area (Å²) in [6, 6.07) is 1.88. The average molecular weight is 253 g/mol. The lowest BCUT2D eigenvalue weighted by Gasteiger charge is -2.28. The molecule has 1 aromatic rings. The lowest BCUT2D eigenvalue weighted by Crippen LogP contribution is -2.46. The first-order chi connectivity index (χ1) is 8.18. The number of aryl methyl sites for hydroxylation is 1. The van der Waals surface area contributed by atoms with Crippen LogP contribution in [0.4, 0.5) is 4.79 Å². The Kier molecular flexibility index (Phi) is 4.38. The fourth-order valence-electron chi connectivity index (χ4n) is 1.47. The SMILES string of the molecule is CC(C)(CCn1cccn1)NC(=O)OC(C)(C)C. The van der Waals surface area contributed by atoms with E-state index in [-0.39, 0.29) is 11.6 Å². The van der Waals surface area contributed by atoms with E-state index in [0.29, 0.717) is 0 Å². The topological polar surface area (TPSA) is 56.2 Å². The summed E-state index contributed by atoms with van der Waals surface area (Å²) >= 11 is 0. The summed E-state index contributed by atoms with van der Waals surface area (Å²) in [4.78, 5) is 11.7. The molecule has 0 unspecified atom stereocenters. The third kappa shape index (κ3) is 5.70. The second-order valence-corrected chi connectivity index (χ2v) is 6.03. The Morgan fingerprint density at radius 1 is 1.33 bits per heavy atom. The van der Waals surface area contributed by atoms with Crippen LogP contribution in [0.15, 0.2) is 18.5 Å². The molecule has 0 saturated carbocycles. The molecule has 0 spiro atoms. The summed E-state index contributed by atoms with van der Waals surface area (Å²) in [6.45, 7) is 10.3. The van der Waals surface area contributed by atoms with E-state index in [2.05, 4.69) is 10.4 Å². The zero-order valence-corrected chi connectivity index (χ0v) is 11.9. The molecule has 1 rings (SSSR count). The first-order valence-corrected chi connectivity index (χ1v) is 6.17. The van der Waals surface area contributed by atoms with E-state index in [4.69, 9.17) is 4.74 Å². The lowest BCUT2D eigenvalue weighted by atomic mass is 10.0. The standard InChI is InChI=1S/C13H23N3O2/c1-12(2,3)18-11(17)15-13(4,5)7-10-16-9-6-8-14-16/h6,8-9H,7,10H2,1-5H3,(H,15,17). The van der Waals surface area contributed by atoms with Crippen LogP contribution >= 0.6 is 0 Å². The van der Waals surface area contributed by atoms with Crippen LogP contribution < -0.4 is 5.32 Å². The van der Waals surface area contributed by atoms with Gasteiger partial charge in [0.1, 0.15) is 5.60 Å². The molecular weight excluding hydrogens is 230 g/mol. The molecule has 5 nitrogen and oxygen atoms in total. The van der Waals surface area contributed by atoms with Crippen molar-refractivity contribution in [3.63, 3.8) is 0 Å². The number of nitrogens with zero attached hydrogens (tertiary/aromatic N) is 2. The van der Waals surface area contributed by atoms with E-state index >= 15 is 0 Å². The second-order valence-electron chi connectivity index (χ2n) is 6.03. The summed E-state index contributed by atoms with van der Waals surface area (Å²) in [5.41, 5.74) is -0.795. The van der Waals surface area contributed by atoms with Gasteiger partial charge in [-0.15, -0.1) is 0 Å². The van der Waals surface area contributed by atoms with Crippen LogP contribution in [0.1, 0.15) is 41.0 Å². The van der Waals surface area contributed by atoms with Gasteiger partial charge < -0.3 is 10.1 Å². The first kappa shape index (κ1) is 14.5. The van der Waals surface area contributed by atoms with Gasteiger partial charge in [-0.25, -0.2) is 4.79 Å². The summed E-state index contributed by atoms with van der Waals surface area (Å²) in [5, 5.41) is 7.00. The van der Waals surface area contributed by atoms with Crippen molar-refractivity contribution in [2.24, 2.45) is 0 Å².